The molecule has 0 fully saturated rings. The van der Waals surface area contributed by atoms with Gasteiger partial charge in [-0.15, -0.1) is 0 Å². The molecular weight excluding hydrogens is 523 g/mol. The van der Waals surface area contributed by atoms with E-state index in [9.17, 15) is 9.90 Å². The van der Waals surface area contributed by atoms with Crippen molar-refractivity contribution < 1.29 is 19.5 Å². The summed E-state index contributed by atoms with van der Waals surface area (Å²) in [5.41, 5.74) is 4.89. The lowest BCUT2D eigenvalue weighted by atomic mass is 9.99. The second-order valence-electron chi connectivity index (χ2n) is 9.53. The van der Waals surface area contributed by atoms with Crippen LogP contribution in [0.5, 0.6) is 5.75 Å². The highest BCUT2D eigenvalue weighted by Crippen LogP contribution is 2.33. The topological polar surface area (TPSA) is 85.0 Å². The molecule has 38 heavy (non-hydrogen) atoms. The van der Waals surface area contributed by atoms with Gasteiger partial charge in [-0.25, -0.2) is 4.79 Å². The number of nitrogens with zero attached hydrogens (tertiary/aromatic N) is 1. The molecule has 6 nitrogen and oxygen atoms in total. The molecule has 202 valence electrons. The molecule has 0 spiro atoms. The quantitative estimate of drug-likeness (QED) is 0.220. The Hall–Kier alpha value is -3.19. The maximum atomic E-state index is 11.3. The van der Waals surface area contributed by atoms with Crippen LogP contribution in [0.1, 0.15) is 48.2 Å². The second-order valence-corrected chi connectivity index (χ2v) is 10.3. The summed E-state index contributed by atoms with van der Waals surface area (Å²) in [4.78, 5) is 18.6. The van der Waals surface area contributed by atoms with E-state index in [1.54, 1.807) is 18.2 Å². The van der Waals surface area contributed by atoms with Gasteiger partial charge in [0, 0.05) is 47.3 Å². The Bertz CT molecular complexity index is 1290. The minimum atomic E-state index is -0.936. The number of rotatable bonds is 11. The number of carbonyl (C=O) groups is 1. The number of hydrogen-bond donors (Lipinski definition) is 2. The van der Waals surface area contributed by atoms with Gasteiger partial charge in [0.1, 0.15) is 18.1 Å². The zero-order valence-electron chi connectivity index (χ0n) is 22.1. The molecule has 3 rings (SSSR count). The van der Waals surface area contributed by atoms with Gasteiger partial charge in [-0.05, 0) is 66.5 Å². The Morgan fingerprint density at radius 3 is 2.61 bits per heavy atom. The molecule has 0 heterocycles. The van der Waals surface area contributed by atoms with Crippen LogP contribution >= 0.6 is 23.2 Å². The molecule has 1 aliphatic carbocycles. The molecule has 0 radical (unpaired) electrons. The van der Waals surface area contributed by atoms with Gasteiger partial charge < -0.3 is 19.6 Å². The van der Waals surface area contributed by atoms with E-state index in [1.165, 1.54) is 0 Å². The highest BCUT2D eigenvalue weighted by atomic mass is 35.5. The van der Waals surface area contributed by atoms with Crippen LogP contribution in [0.15, 0.2) is 87.7 Å². The summed E-state index contributed by atoms with van der Waals surface area (Å²) in [6.45, 7) is 6.84. The molecule has 0 bridgehead atoms. The first kappa shape index (κ1) is 29.4. The number of carboxylic acid groups (broad SMARTS) is 1. The zero-order chi connectivity index (χ0) is 27.8. The molecule has 0 saturated heterocycles. The first-order valence-corrected chi connectivity index (χ1v) is 13.1. The lowest BCUT2D eigenvalue weighted by Crippen LogP contribution is -2.18. The third-order valence-electron chi connectivity index (χ3n) is 6.25. The van der Waals surface area contributed by atoms with Gasteiger partial charge in [-0.1, -0.05) is 61.3 Å². The number of hydrogen-bond acceptors (Lipinski definition) is 5. The van der Waals surface area contributed by atoms with Crippen molar-refractivity contribution in [1.82, 2.24) is 0 Å². The molecule has 3 N–H and O–H groups in total. The maximum absolute atomic E-state index is 11.3. The first-order valence-electron chi connectivity index (χ1n) is 12.4. The summed E-state index contributed by atoms with van der Waals surface area (Å²) in [5.74, 6) is 6.09. The van der Waals surface area contributed by atoms with E-state index in [0.29, 0.717) is 41.0 Å². The number of halogens is 2. The van der Waals surface area contributed by atoms with Gasteiger partial charge >= 0.3 is 5.97 Å². The zero-order valence-corrected chi connectivity index (χ0v) is 23.6. The smallest absolute Gasteiger partial charge is 0.335 e. The number of ether oxygens (including phenoxy) is 1. The number of carboxylic acids is 1. The third-order valence-corrected chi connectivity index (χ3v) is 6.99. The fourth-order valence-electron chi connectivity index (χ4n) is 4.38. The minimum absolute atomic E-state index is 0.0411. The average Bonchev–Trinajstić information content (AvgIpc) is 3.02. The Morgan fingerprint density at radius 2 is 1.95 bits per heavy atom. The van der Waals surface area contributed by atoms with E-state index in [1.807, 2.05) is 70.3 Å². The average molecular weight is 558 g/mol. The summed E-state index contributed by atoms with van der Waals surface area (Å²) < 4.78 is 6.20. The van der Waals surface area contributed by atoms with Gasteiger partial charge in [0.25, 0.3) is 0 Å². The van der Waals surface area contributed by atoms with E-state index in [-0.39, 0.29) is 18.1 Å². The fourth-order valence-corrected chi connectivity index (χ4v) is 4.94. The molecule has 1 aliphatic rings. The normalized spacial score (nSPS) is 14.2. The highest BCUT2D eigenvalue weighted by Gasteiger charge is 2.19. The summed E-state index contributed by atoms with van der Waals surface area (Å²) in [7, 11) is 1.97. The third kappa shape index (κ3) is 7.67. The molecule has 2 aromatic rings. The Balaban J connectivity index is 1.78. The Kier molecular flexibility index (Phi) is 10.5. The van der Waals surface area contributed by atoms with Gasteiger partial charge in [0.15, 0.2) is 0 Å². The van der Waals surface area contributed by atoms with E-state index >= 15 is 0 Å². The second kappa shape index (κ2) is 13.6. The Morgan fingerprint density at radius 1 is 1.18 bits per heavy atom. The summed E-state index contributed by atoms with van der Waals surface area (Å²) in [5, 5.41) is 10.5. The summed E-state index contributed by atoms with van der Waals surface area (Å²) in [6, 6.07) is 12.8. The first-order chi connectivity index (χ1) is 18.1. The Labute approximate surface area is 234 Å². The van der Waals surface area contributed by atoms with Crippen molar-refractivity contribution in [3.8, 4) is 5.75 Å². The molecule has 0 unspecified atom stereocenters. The van der Waals surface area contributed by atoms with E-state index in [2.05, 4.69) is 4.90 Å². The lowest BCUT2D eigenvalue weighted by molar-refractivity contribution is 0.0696. The maximum Gasteiger partial charge on any atom is 0.335 e. The molecular formula is C30H34Cl2N2O4. The van der Waals surface area contributed by atoms with Crippen molar-refractivity contribution in [3.63, 3.8) is 0 Å². The van der Waals surface area contributed by atoms with Crippen molar-refractivity contribution >= 4 is 34.9 Å². The van der Waals surface area contributed by atoms with Crippen LogP contribution in [0.4, 0.5) is 5.69 Å². The number of anilines is 1. The molecule has 2 aromatic carbocycles. The van der Waals surface area contributed by atoms with E-state index < -0.39 is 5.97 Å². The molecule has 8 heteroatoms. The molecule has 0 saturated carbocycles. The molecule has 0 atom stereocenters. The van der Waals surface area contributed by atoms with E-state index in [0.717, 1.165) is 28.0 Å². The van der Waals surface area contributed by atoms with Crippen LogP contribution in [-0.2, 0) is 11.4 Å². The van der Waals surface area contributed by atoms with Crippen molar-refractivity contribution in [2.24, 2.45) is 11.8 Å². The van der Waals surface area contributed by atoms with Gasteiger partial charge in [-0.2, -0.15) is 5.90 Å². The van der Waals surface area contributed by atoms with Gasteiger partial charge in [-0.3, -0.25) is 0 Å². The highest BCUT2D eigenvalue weighted by molar-refractivity contribution is 6.36. The summed E-state index contributed by atoms with van der Waals surface area (Å²) in [6.07, 6.45) is 6.90. The number of benzene rings is 2. The lowest BCUT2D eigenvalue weighted by Gasteiger charge is -2.23. The van der Waals surface area contributed by atoms with Crippen molar-refractivity contribution in [3.05, 3.63) is 104 Å². The van der Waals surface area contributed by atoms with Crippen LogP contribution in [-0.4, -0.2) is 24.7 Å². The fraction of sp³-hybridized carbons (Fsp3) is 0.300. The van der Waals surface area contributed by atoms with Crippen LogP contribution in [0.3, 0.4) is 0 Å². The predicted octanol–water partition coefficient (Wildman–Crippen LogP) is 7.47. The number of aromatic carboxylic acids is 1. The predicted molar refractivity (Wildman–Crippen MR) is 155 cm³/mol. The number of aryl methyl sites for hydroxylation is 1. The SMILES string of the molecule is Cc1cc(OC/C(CC2=C(Cl)C=CCC=C2Cl)=C(/ON)C(C)C)ccc1N(C)Cc1cccc(C(=O)O)c1. The van der Waals surface area contributed by atoms with Crippen LogP contribution in [0, 0.1) is 12.8 Å². The van der Waals surface area contributed by atoms with Crippen LogP contribution < -0.4 is 15.5 Å². The van der Waals surface area contributed by atoms with Crippen LogP contribution in [0.25, 0.3) is 0 Å². The van der Waals surface area contributed by atoms with Crippen molar-refractivity contribution in [2.75, 3.05) is 18.6 Å². The van der Waals surface area contributed by atoms with Crippen molar-refractivity contribution in [2.45, 2.75) is 40.2 Å². The number of nitrogens with two attached hydrogens (primary N) is 1. The molecule has 0 aromatic heterocycles. The van der Waals surface area contributed by atoms with Crippen LogP contribution in [0.2, 0.25) is 0 Å². The number of allylic oxidation sites excluding steroid dienone is 7. The monoisotopic (exact) mass is 556 g/mol. The molecule has 0 aliphatic heterocycles. The molecule has 0 amide bonds. The van der Waals surface area contributed by atoms with Crippen molar-refractivity contribution in [1.29, 1.82) is 0 Å². The van der Waals surface area contributed by atoms with E-state index in [4.69, 9.17) is 38.7 Å². The van der Waals surface area contributed by atoms with Gasteiger partial charge in [0.2, 0.25) is 0 Å². The van der Waals surface area contributed by atoms with Gasteiger partial charge in [0.05, 0.1) is 5.56 Å². The standard InChI is InChI=1S/C30H34Cl2N2O4/c1-19(2)29(38-33)23(16-25-26(31)10-5-6-11-27(25)32)18-37-24-12-13-28(20(3)14-24)34(4)17-21-8-7-9-22(15-21)30(35)36/h5,7-15,19H,6,16-18,33H2,1-4H3,(H,35,36)/b29-23+. The largest absolute Gasteiger partial charge is 0.489 e. The minimum Gasteiger partial charge on any atom is -0.489 e. The summed E-state index contributed by atoms with van der Waals surface area (Å²) >= 11 is 13.0.